The molecule has 8 nitrogen and oxygen atoms in total. The summed E-state index contributed by atoms with van der Waals surface area (Å²) in [4.78, 5) is 35.4. The molecule has 8 heteroatoms. The molecule has 0 saturated carbocycles. The van der Waals surface area contributed by atoms with Crippen molar-refractivity contribution in [2.75, 3.05) is 6.61 Å². The Kier molecular flexibility index (Phi) is 8.42. The van der Waals surface area contributed by atoms with Crippen molar-refractivity contribution in [3.8, 4) is 0 Å². The van der Waals surface area contributed by atoms with Crippen molar-refractivity contribution < 1.29 is 24.2 Å². The first kappa shape index (κ1) is 20.4. The number of nitrogens with two attached hydrogens (primary N) is 1. The van der Waals surface area contributed by atoms with Gasteiger partial charge in [0.1, 0.15) is 18.7 Å². The maximum atomic E-state index is 12.2. The molecule has 3 amide bonds. The molecule has 0 fully saturated rings. The van der Waals surface area contributed by atoms with Gasteiger partial charge in [0, 0.05) is 0 Å². The second kappa shape index (κ2) is 10.3. The molecule has 0 heterocycles. The summed E-state index contributed by atoms with van der Waals surface area (Å²) in [5, 5.41) is 14.0. The number of amides is 3. The second-order valence-electron chi connectivity index (χ2n) is 5.72. The highest BCUT2D eigenvalue weighted by Crippen LogP contribution is 2.07. The Hall–Kier alpha value is -2.61. The van der Waals surface area contributed by atoms with Crippen LogP contribution in [0.3, 0.4) is 0 Å². The van der Waals surface area contributed by atoms with Crippen LogP contribution in [0.15, 0.2) is 30.3 Å². The van der Waals surface area contributed by atoms with Gasteiger partial charge < -0.3 is 26.2 Å². The fraction of sp³-hybridized carbons (Fsp3) is 0.471. The fourth-order valence-corrected chi connectivity index (χ4v) is 2.08. The molecule has 0 aliphatic rings. The molecule has 0 saturated heterocycles. The third-order valence-electron chi connectivity index (χ3n) is 3.82. The van der Waals surface area contributed by atoms with Gasteiger partial charge in [-0.05, 0) is 11.5 Å². The lowest BCUT2D eigenvalue weighted by atomic mass is 9.98. The van der Waals surface area contributed by atoms with E-state index in [2.05, 4.69) is 10.6 Å². The summed E-state index contributed by atoms with van der Waals surface area (Å²) in [5.41, 5.74) is 6.07. The summed E-state index contributed by atoms with van der Waals surface area (Å²) < 4.78 is 5.00. The average Bonchev–Trinajstić information content (AvgIpc) is 2.62. The lowest BCUT2D eigenvalue weighted by Crippen LogP contribution is -2.56. The van der Waals surface area contributed by atoms with E-state index in [0.717, 1.165) is 5.56 Å². The highest BCUT2D eigenvalue weighted by molar-refractivity contribution is 5.90. The third kappa shape index (κ3) is 6.80. The zero-order valence-corrected chi connectivity index (χ0v) is 14.4. The van der Waals surface area contributed by atoms with Crippen LogP contribution in [0.4, 0.5) is 4.79 Å². The molecule has 1 aromatic carbocycles. The highest BCUT2D eigenvalue weighted by Gasteiger charge is 2.28. The van der Waals surface area contributed by atoms with Crippen molar-refractivity contribution in [2.24, 2.45) is 11.7 Å². The lowest BCUT2D eigenvalue weighted by molar-refractivity contribution is -0.130. The van der Waals surface area contributed by atoms with Gasteiger partial charge in [0.15, 0.2) is 0 Å². The molecule has 0 spiro atoms. The van der Waals surface area contributed by atoms with Gasteiger partial charge in [0.2, 0.25) is 11.8 Å². The number of carbonyl (C=O) groups is 3. The minimum absolute atomic E-state index is 0.0310. The Morgan fingerprint density at radius 3 is 2.36 bits per heavy atom. The van der Waals surface area contributed by atoms with E-state index in [0.29, 0.717) is 6.42 Å². The zero-order chi connectivity index (χ0) is 18.8. The first-order chi connectivity index (χ1) is 11.9. The Bertz CT molecular complexity index is 579. The quantitative estimate of drug-likeness (QED) is 0.508. The van der Waals surface area contributed by atoms with Crippen molar-refractivity contribution in [3.05, 3.63) is 35.9 Å². The zero-order valence-electron chi connectivity index (χ0n) is 14.4. The van der Waals surface area contributed by atoms with Gasteiger partial charge in [-0.2, -0.15) is 0 Å². The molecular formula is C17H25N3O5. The van der Waals surface area contributed by atoms with Crippen molar-refractivity contribution in [2.45, 2.75) is 39.0 Å². The van der Waals surface area contributed by atoms with Gasteiger partial charge >= 0.3 is 6.09 Å². The van der Waals surface area contributed by atoms with E-state index in [1.54, 1.807) is 31.2 Å². The van der Waals surface area contributed by atoms with Crippen molar-refractivity contribution >= 4 is 17.9 Å². The number of ether oxygens (including phenoxy) is 1. The van der Waals surface area contributed by atoms with Crippen LogP contribution < -0.4 is 16.4 Å². The van der Waals surface area contributed by atoms with E-state index in [9.17, 15) is 19.5 Å². The topological polar surface area (TPSA) is 131 Å². The molecule has 25 heavy (non-hydrogen) atoms. The number of carbonyl (C=O) groups excluding carboxylic acids is 3. The minimum Gasteiger partial charge on any atom is -0.445 e. The molecule has 0 aliphatic carbocycles. The SMILES string of the molecule is CC[C@H](C)[C@@H](NC(=O)[C@H](CO)NC(=O)OCc1ccccc1)C(N)=O. The molecular weight excluding hydrogens is 326 g/mol. The van der Waals surface area contributed by atoms with E-state index >= 15 is 0 Å². The molecule has 1 rings (SSSR count). The fourth-order valence-electron chi connectivity index (χ4n) is 2.08. The molecule has 5 N–H and O–H groups in total. The molecule has 0 unspecified atom stereocenters. The van der Waals surface area contributed by atoms with Gasteiger partial charge in [0.05, 0.1) is 6.61 Å². The van der Waals surface area contributed by atoms with E-state index in [1.165, 1.54) is 0 Å². The predicted octanol–water partition coefficient (Wildman–Crippen LogP) is 0.290. The third-order valence-corrected chi connectivity index (χ3v) is 3.82. The van der Waals surface area contributed by atoms with Gasteiger partial charge in [-0.15, -0.1) is 0 Å². The minimum atomic E-state index is -1.24. The molecule has 0 radical (unpaired) electrons. The van der Waals surface area contributed by atoms with Crippen LogP contribution in [0.5, 0.6) is 0 Å². The van der Waals surface area contributed by atoms with Crippen LogP contribution in [0, 0.1) is 5.92 Å². The number of aliphatic hydroxyl groups is 1. The van der Waals surface area contributed by atoms with Crippen LogP contribution in [0.2, 0.25) is 0 Å². The number of rotatable bonds is 9. The summed E-state index contributed by atoms with van der Waals surface area (Å²) >= 11 is 0. The molecule has 138 valence electrons. The first-order valence-electron chi connectivity index (χ1n) is 8.06. The Morgan fingerprint density at radius 1 is 1.20 bits per heavy atom. The van der Waals surface area contributed by atoms with Gasteiger partial charge in [0.25, 0.3) is 0 Å². The first-order valence-corrected chi connectivity index (χ1v) is 8.06. The standard InChI is InChI=1S/C17H25N3O5/c1-3-11(2)14(15(18)22)20-16(23)13(9-21)19-17(24)25-10-12-7-5-4-6-8-12/h4-8,11,13-14,21H,3,9-10H2,1-2H3,(H2,18,22)(H,19,24)(H,20,23)/t11-,13-,14+/m0/s1. The number of alkyl carbamates (subject to hydrolysis) is 1. The number of primary amides is 1. The maximum Gasteiger partial charge on any atom is 0.408 e. The van der Waals surface area contributed by atoms with Gasteiger partial charge in [-0.3, -0.25) is 9.59 Å². The number of aliphatic hydroxyl groups excluding tert-OH is 1. The van der Waals surface area contributed by atoms with Crippen LogP contribution in [0.1, 0.15) is 25.8 Å². The number of nitrogens with one attached hydrogen (secondary N) is 2. The number of benzene rings is 1. The second-order valence-corrected chi connectivity index (χ2v) is 5.72. The number of hydrogen-bond acceptors (Lipinski definition) is 5. The van der Waals surface area contributed by atoms with Crippen LogP contribution in [-0.2, 0) is 20.9 Å². The Balaban J connectivity index is 2.57. The molecule has 3 atom stereocenters. The normalized spacial score (nSPS) is 14.0. The Labute approximate surface area is 146 Å². The van der Waals surface area contributed by atoms with Crippen LogP contribution >= 0.6 is 0 Å². The molecule has 1 aromatic rings. The summed E-state index contributed by atoms with van der Waals surface area (Å²) in [6.07, 6.45) is -0.221. The van der Waals surface area contributed by atoms with Crippen LogP contribution in [0.25, 0.3) is 0 Å². The predicted molar refractivity (Wildman–Crippen MR) is 91.2 cm³/mol. The van der Waals surface area contributed by atoms with E-state index in [-0.39, 0.29) is 12.5 Å². The van der Waals surface area contributed by atoms with Crippen molar-refractivity contribution in [3.63, 3.8) is 0 Å². The summed E-state index contributed by atoms with van der Waals surface area (Å²) in [6, 6.07) is 6.89. The van der Waals surface area contributed by atoms with Gasteiger partial charge in [-0.1, -0.05) is 50.6 Å². The molecule has 0 aromatic heterocycles. The highest BCUT2D eigenvalue weighted by atomic mass is 16.5. The van der Waals surface area contributed by atoms with Crippen molar-refractivity contribution in [1.29, 1.82) is 0 Å². The van der Waals surface area contributed by atoms with E-state index in [1.807, 2.05) is 13.0 Å². The van der Waals surface area contributed by atoms with Gasteiger partial charge in [-0.25, -0.2) is 4.79 Å². The summed E-state index contributed by atoms with van der Waals surface area (Å²) in [6.45, 7) is 3.02. The summed E-state index contributed by atoms with van der Waals surface area (Å²) in [7, 11) is 0. The molecule has 0 bridgehead atoms. The smallest absolute Gasteiger partial charge is 0.408 e. The average molecular weight is 351 g/mol. The summed E-state index contributed by atoms with van der Waals surface area (Å²) in [5.74, 6) is -1.56. The lowest BCUT2D eigenvalue weighted by Gasteiger charge is -2.24. The monoisotopic (exact) mass is 351 g/mol. The Morgan fingerprint density at radius 2 is 1.84 bits per heavy atom. The van der Waals surface area contributed by atoms with E-state index < -0.39 is 36.6 Å². The van der Waals surface area contributed by atoms with Crippen LogP contribution in [-0.4, -0.2) is 41.7 Å². The van der Waals surface area contributed by atoms with Crippen molar-refractivity contribution in [1.82, 2.24) is 10.6 Å². The van der Waals surface area contributed by atoms with E-state index in [4.69, 9.17) is 10.5 Å². The maximum absolute atomic E-state index is 12.2. The molecule has 0 aliphatic heterocycles. The largest absolute Gasteiger partial charge is 0.445 e. The number of hydrogen-bond donors (Lipinski definition) is 4.